The molecule has 3 nitrogen and oxygen atoms in total. The van der Waals surface area contributed by atoms with Crippen molar-refractivity contribution in [3.05, 3.63) is 48.0 Å². The zero-order chi connectivity index (χ0) is 13.8. The normalized spacial score (nSPS) is 10.1. The van der Waals surface area contributed by atoms with E-state index >= 15 is 0 Å². The quantitative estimate of drug-likeness (QED) is 0.785. The van der Waals surface area contributed by atoms with Gasteiger partial charge < -0.3 is 9.64 Å². The SMILES string of the molecule is Cc1ccc(-c2ccc(OC=O)c(N(C)C)c2)cc1. The molecule has 0 aromatic heterocycles. The average Bonchev–Trinajstić information content (AvgIpc) is 2.40. The smallest absolute Gasteiger partial charge is 0.298 e. The van der Waals surface area contributed by atoms with Crippen molar-refractivity contribution in [3.63, 3.8) is 0 Å². The Kier molecular flexibility index (Phi) is 3.85. The lowest BCUT2D eigenvalue weighted by molar-refractivity contribution is -0.120. The van der Waals surface area contributed by atoms with Crippen molar-refractivity contribution >= 4 is 12.2 Å². The van der Waals surface area contributed by atoms with Crippen molar-refractivity contribution in [1.29, 1.82) is 0 Å². The van der Waals surface area contributed by atoms with Crippen LogP contribution in [0.25, 0.3) is 11.1 Å². The molecule has 98 valence electrons. The Labute approximate surface area is 113 Å². The van der Waals surface area contributed by atoms with Gasteiger partial charge in [0.1, 0.15) is 0 Å². The van der Waals surface area contributed by atoms with E-state index in [0.29, 0.717) is 12.2 Å². The Morgan fingerprint density at radius 1 is 1.00 bits per heavy atom. The summed E-state index contributed by atoms with van der Waals surface area (Å²) in [4.78, 5) is 12.4. The van der Waals surface area contributed by atoms with Crippen molar-refractivity contribution < 1.29 is 9.53 Å². The Balaban J connectivity index is 2.45. The van der Waals surface area contributed by atoms with Crippen LogP contribution in [0, 0.1) is 6.92 Å². The molecular weight excluding hydrogens is 238 g/mol. The van der Waals surface area contributed by atoms with Gasteiger partial charge in [-0.05, 0) is 30.2 Å². The first-order chi connectivity index (χ1) is 9.11. The maximum absolute atomic E-state index is 10.5. The van der Waals surface area contributed by atoms with Crippen LogP contribution in [0.2, 0.25) is 0 Å². The van der Waals surface area contributed by atoms with E-state index in [-0.39, 0.29) is 0 Å². The molecule has 0 fully saturated rings. The summed E-state index contributed by atoms with van der Waals surface area (Å²) in [6.45, 7) is 2.52. The third-order valence-electron chi connectivity index (χ3n) is 3.00. The number of ether oxygens (including phenoxy) is 1. The first-order valence-electron chi connectivity index (χ1n) is 6.10. The van der Waals surface area contributed by atoms with E-state index in [4.69, 9.17) is 4.74 Å². The highest BCUT2D eigenvalue weighted by Crippen LogP contribution is 2.32. The minimum atomic E-state index is 0.452. The molecule has 2 rings (SSSR count). The van der Waals surface area contributed by atoms with Crippen LogP contribution in [0.4, 0.5) is 5.69 Å². The van der Waals surface area contributed by atoms with Crippen LogP contribution in [0.5, 0.6) is 5.75 Å². The Morgan fingerprint density at radius 2 is 1.63 bits per heavy atom. The van der Waals surface area contributed by atoms with Gasteiger partial charge in [-0.25, -0.2) is 0 Å². The molecule has 2 aromatic rings. The van der Waals surface area contributed by atoms with Gasteiger partial charge in [0.05, 0.1) is 5.69 Å². The summed E-state index contributed by atoms with van der Waals surface area (Å²) in [6, 6.07) is 14.1. The molecular formula is C16H17NO2. The Morgan fingerprint density at radius 3 is 2.21 bits per heavy atom. The van der Waals surface area contributed by atoms with Crippen molar-refractivity contribution in [3.8, 4) is 16.9 Å². The van der Waals surface area contributed by atoms with E-state index in [1.807, 2.05) is 37.2 Å². The fourth-order valence-electron chi connectivity index (χ4n) is 1.94. The number of hydrogen-bond donors (Lipinski definition) is 0. The standard InChI is InChI=1S/C16H17NO2/c1-12-4-6-13(7-5-12)14-8-9-16(19-11-18)15(10-14)17(2)3/h4-11H,1-3H3. The first kappa shape index (κ1) is 13.1. The van der Waals surface area contributed by atoms with Crippen LogP contribution in [-0.2, 0) is 4.79 Å². The van der Waals surface area contributed by atoms with E-state index in [2.05, 4.69) is 31.2 Å². The topological polar surface area (TPSA) is 29.5 Å². The summed E-state index contributed by atoms with van der Waals surface area (Å²) in [5.41, 5.74) is 4.36. The monoisotopic (exact) mass is 255 g/mol. The molecule has 0 radical (unpaired) electrons. The molecule has 0 bridgehead atoms. The fraction of sp³-hybridized carbons (Fsp3) is 0.188. The van der Waals surface area contributed by atoms with Gasteiger partial charge in [0.15, 0.2) is 5.75 Å². The summed E-state index contributed by atoms with van der Waals surface area (Å²) in [6.07, 6.45) is 0. The molecule has 0 unspecified atom stereocenters. The van der Waals surface area contributed by atoms with Crippen LogP contribution < -0.4 is 9.64 Å². The predicted octanol–water partition coefficient (Wildman–Crippen LogP) is 3.26. The second-order valence-electron chi connectivity index (χ2n) is 4.66. The van der Waals surface area contributed by atoms with E-state index in [1.165, 1.54) is 5.56 Å². The molecule has 0 saturated carbocycles. The number of carbonyl (C=O) groups is 1. The van der Waals surface area contributed by atoms with Crippen molar-refractivity contribution in [2.45, 2.75) is 6.92 Å². The van der Waals surface area contributed by atoms with Gasteiger partial charge in [0.2, 0.25) is 0 Å². The van der Waals surface area contributed by atoms with Gasteiger partial charge in [-0.3, -0.25) is 4.79 Å². The highest BCUT2D eigenvalue weighted by molar-refractivity contribution is 5.73. The van der Waals surface area contributed by atoms with Gasteiger partial charge in [-0.15, -0.1) is 0 Å². The molecule has 0 atom stereocenters. The minimum Gasteiger partial charge on any atom is -0.427 e. The van der Waals surface area contributed by atoms with E-state index in [0.717, 1.165) is 16.8 Å². The number of nitrogens with zero attached hydrogens (tertiary/aromatic N) is 1. The Hall–Kier alpha value is -2.29. The zero-order valence-corrected chi connectivity index (χ0v) is 11.4. The number of benzene rings is 2. The number of rotatable bonds is 4. The molecule has 0 aliphatic heterocycles. The van der Waals surface area contributed by atoms with Crippen LogP contribution in [-0.4, -0.2) is 20.6 Å². The number of anilines is 1. The van der Waals surface area contributed by atoms with Crippen LogP contribution in [0.3, 0.4) is 0 Å². The third kappa shape index (κ3) is 2.94. The molecule has 3 heteroatoms. The zero-order valence-electron chi connectivity index (χ0n) is 11.4. The highest BCUT2D eigenvalue weighted by Gasteiger charge is 2.08. The van der Waals surface area contributed by atoms with E-state index in [9.17, 15) is 4.79 Å². The van der Waals surface area contributed by atoms with Gasteiger partial charge in [-0.2, -0.15) is 0 Å². The maximum atomic E-state index is 10.5. The lowest BCUT2D eigenvalue weighted by Crippen LogP contribution is -2.10. The third-order valence-corrected chi connectivity index (χ3v) is 3.00. The summed E-state index contributed by atoms with van der Waals surface area (Å²) in [7, 11) is 3.85. The van der Waals surface area contributed by atoms with Gasteiger partial charge >= 0.3 is 0 Å². The molecule has 2 aromatic carbocycles. The van der Waals surface area contributed by atoms with E-state index < -0.39 is 0 Å². The summed E-state index contributed by atoms with van der Waals surface area (Å²) in [5.74, 6) is 0.566. The second-order valence-corrected chi connectivity index (χ2v) is 4.66. The molecule has 0 heterocycles. The number of hydrogen-bond acceptors (Lipinski definition) is 3. The number of aryl methyl sites for hydroxylation is 1. The highest BCUT2D eigenvalue weighted by atomic mass is 16.5. The molecule has 19 heavy (non-hydrogen) atoms. The average molecular weight is 255 g/mol. The summed E-state index contributed by atoms with van der Waals surface area (Å²) < 4.78 is 4.99. The van der Waals surface area contributed by atoms with Gasteiger partial charge in [0, 0.05) is 14.1 Å². The first-order valence-corrected chi connectivity index (χ1v) is 6.10. The van der Waals surface area contributed by atoms with Gasteiger partial charge in [0.25, 0.3) is 6.47 Å². The van der Waals surface area contributed by atoms with Crippen LogP contribution in [0.15, 0.2) is 42.5 Å². The largest absolute Gasteiger partial charge is 0.427 e. The molecule has 0 N–H and O–H groups in total. The molecule has 0 aliphatic rings. The molecule has 0 spiro atoms. The molecule has 0 aliphatic carbocycles. The predicted molar refractivity (Wildman–Crippen MR) is 77.6 cm³/mol. The lowest BCUT2D eigenvalue weighted by Gasteiger charge is -2.17. The van der Waals surface area contributed by atoms with Crippen LogP contribution in [0.1, 0.15) is 5.56 Å². The molecule has 0 saturated heterocycles. The minimum absolute atomic E-state index is 0.452. The van der Waals surface area contributed by atoms with Crippen molar-refractivity contribution in [1.82, 2.24) is 0 Å². The fourth-order valence-corrected chi connectivity index (χ4v) is 1.94. The lowest BCUT2D eigenvalue weighted by atomic mass is 10.0. The van der Waals surface area contributed by atoms with Crippen molar-refractivity contribution in [2.75, 3.05) is 19.0 Å². The van der Waals surface area contributed by atoms with E-state index in [1.54, 1.807) is 0 Å². The maximum Gasteiger partial charge on any atom is 0.298 e. The Bertz CT molecular complexity index is 574. The summed E-state index contributed by atoms with van der Waals surface area (Å²) in [5, 5.41) is 0. The van der Waals surface area contributed by atoms with Crippen molar-refractivity contribution in [2.24, 2.45) is 0 Å². The van der Waals surface area contributed by atoms with Gasteiger partial charge in [-0.1, -0.05) is 35.9 Å². The number of carbonyl (C=O) groups excluding carboxylic acids is 1. The second kappa shape index (κ2) is 5.57. The molecule has 0 amide bonds. The summed E-state index contributed by atoms with van der Waals surface area (Å²) >= 11 is 0. The van der Waals surface area contributed by atoms with Crippen LogP contribution >= 0.6 is 0 Å².